The van der Waals surface area contributed by atoms with E-state index in [9.17, 15) is 23.1 Å². The Labute approximate surface area is 197 Å². The van der Waals surface area contributed by atoms with Crippen molar-refractivity contribution in [2.24, 2.45) is 0 Å². The molecule has 0 radical (unpaired) electrons. The van der Waals surface area contributed by atoms with Crippen LogP contribution in [0.4, 0.5) is 10.5 Å². The maximum absolute atomic E-state index is 13.0. The second kappa shape index (κ2) is 8.42. The van der Waals surface area contributed by atoms with Gasteiger partial charge in [0, 0.05) is 30.2 Å². The van der Waals surface area contributed by atoms with Crippen molar-refractivity contribution in [1.82, 2.24) is 4.72 Å². The third-order valence-corrected chi connectivity index (χ3v) is 8.42. The van der Waals surface area contributed by atoms with Gasteiger partial charge >= 0.3 is 12.0 Å². The zero-order valence-corrected chi connectivity index (χ0v) is 19.6. The maximum atomic E-state index is 13.0. The summed E-state index contributed by atoms with van der Waals surface area (Å²) in [5.74, 6) is -0.743. The molecule has 0 spiro atoms. The molecule has 1 aromatic heterocycles. The quantitative estimate of drug-likeness (QED) is 0.488. The summed E-state index contributed by atoms with van der Waals surface area (Å²) < 4.78 is 33.5. The molecule has 1 heterocycles. The molecular formula is C24H28N2O7S. The van der Waals surface area contributed by atoms with E-state index in [-0.39, 0.29) is 18.4 Å². The molecule has 0 bridgehead atoms. The van der Waals surface area contributed by atoms with Crippen LogP contribution in [0.15, 0.2) is 21.6 Å². The van der Waals surface area contributed by atoms with Crippen LogP contribution in [-0.4, -0.2) is 30.6 Å². The van der Waals surface area contributed by atoms with Crippen molar-refractivity contribution in [1.29, 1.82) is 0 Å². The Bertz CT molecular complexity index is 1250. The SMILES string of the molecule is O=C(O)CCC1(O)CCCc2oc(S(=O)(=O)NC(=O)Nc3c4c(cc5c3CCC5)CCC4)cc21. The number of urea groups is 1. The zero-order valence-electron chi connectivity index (χ0n) is 18.8. The summed E-state index contributed by atoms with van der Waals surface area (Å²) in [6.07, 6.45) is 6.61. The number of carboxylic acid groups (broad SMARTS) is 1. The summed E-state index contributed by atoms with van der Waals surface area (Å²) >= 11 is 0. The zero-order chi connectivity index (χ0) is 24.1. The van der Waals surface area contributed by atoms with Gasteiger partial charge in [-0.3, -0.25) is 4.79 Å². The van der Waals surface area contributed by atoms with Gasteiger partial charge in [-0.05, 0) is 80.0 Å². The van der Waals surface area contributed by atoms with E-state index in [4.69, 9.17) is 9.52 Å². The Kier molecular flexibility index (Phi) is 5.68. The molecule has 2 amide bonds. The summed E-state index contributed by atoms with van der Waals surface area (Å²) in [6.45, 7) is 0. The highest BCUT2D eigenvalue weighted by atomic mass is 32.2. The van der Waals surface area contributed by atoms with E-state index in [2.05, 4.69) is 11.4 Å². The Hall–Kier alpha value is -2.85. The van der Waals surface area contributed by atoms with Crippen LogP contribution < -0.4 is 10.0 Å². The van der Waals surface area contributed by atoms with Crippen molar-refractivity contribution in [2.75, 3.05) is 5.32 Å². The number of carbonyl (C=O) groups excluding carboxylic acids is 1. The van der Waals surface area contributed by atoms with Gasteiger partial charge in [0.2, 0.25) is 5.09 Å². The number of nitrogens with one attached hydrogen (secondary N) is 2. The highest BCUT2D eigenvalue weighted by molar-refractivity contribution is 7.89. The number of carbonyl (C=O) groups is 2. The number of hydrogen-bond acceptors (Lipinski definition) is 6. The summed E-state index contributed by atoms with van der Waals surface area (Å²) in [6, 6.07) is 2.58. The fourth-order valence-corrected chi connectivity index (χ4v) is 6.52. The first-order valence-corrected chi connectivity index (χ1v) is 13.2. The topological polar surface area (TPSA) is 146 Å². The molecule has 1 aromatic carbocycles. The van der Waals surface area contributed by atoms with Gasteiger partial charge in [-0.1, -0.05) is 6.07 Å². The Balaban J connectivity index is 1.37. The van der Waals surface area contributed by atoms with E-state index < -0.39 is 32.7 Å². The van der Waals surface area contributed by atoms with E-state index in [0.717, 1.165) is 55.3 Å². The van der Waals surface area contributed by atoms with Crippen molar-refractivity contribution < 1.29 is 32.6 Å². The van der Waals surface area contributed by atoms with E-state index >= 15 is 0 Å². The molecular weight excluding hydrogens is 460 g/mol. The van der Waals surface area contributed by atoms with Gasteiger partial charge in [-0.2, -0.15) is 8.42 Å². The van der Waals surface area contributed by atoms with Crippen molar-refractivity contribution in [3.8, 4) is 0 Å². The van der Waals surface area contributed by atoms with Crippen molar-refractivity contribution in [3.05, 3.63) is 45.7 Å². The molecule has 4 N–H and O–H groups in total. The lowest BCUT2D eigenvalue weighted by atomic mass is 9.80. The molecule has 0 aliphatic heterocycles. The molecule has 5 rings (SSSR count). The predicted octanol–water partition coefficient (Wildman–Crippen LogP) is 3.16. The van der Waals surface area contributed by atoms with Crippen LogP contribution in [0.3, 0.4) is 0 Å². The number of aliphatic hydroxyl groups is 1. The molecule has 182 valence electrons. The molecule has 34 heavy (non-hydrogen) atoms. The van der Waals surface area contributed by atoms with Gasteiger partial charge in [0.25, 0.3) is 10.0 Å². The lowest BCUT2D eigenvalue weighted by molar-refractivity contribution is -0.138. The van der Waals surface area contributed by atoms with E-state index in [1.165, 1.54) is 17.2 Å². The molecule has 0 fully saturated rings. The number of amides is 2. The van der Waals surface area contributed by atoms with Crippen molar-refractivity contribution >= 4 is 27.7 Å². The summed E-state index contributed by atoms with van der Waals surface area (Å²) in [4.78, 5) is 23.8. The Morgan fingerprint density at radius 3 is 2.32 bits per heavy atom. The van der Waals surface area contributed by atoms with E-state index in [1.54, 1.807) is 0 Å². The normalized spacial score (nSPS) is 21.0. The van der Waals surface area contributed by atoms with Crippen molar-refractivity contribution in [2.45, 2.75) is 81.3 Å². The number of anilines is 1. The predicted molar refractivity (Wildman–Crippen MR) is 122 cm³/mol. The van der Waals surface area contributed by atoms with Gasteiger partial charge in [-0.15, -0.1) is 0 Å². The number of sulfonamides is 1. The smallest absolute Gasteiger partial charge is 0.333 e. The van der Waals surface area contributed by atoms with Gasteiger partial charge in [0.1, 0.15) is 5.76 Å². The maximum Gasteiger partial charge on any atom is 0.333 e. The highest BCUT2D eigenvalue weighted by Crippen LogP contribution is 2.41. The van der Waals surface area contributed by atoms with E-state index in [0.29, 0.717) is 25.0 Å². The number of hydrogen-bond donors (Lipinski definition) is 4. The number of carboxylic acids is 1. The third-order valence-electron chi connectivity index (χ3n) is 7.24. The number of aryl methyl sites for hydroxylation is 3. The molecule has 1 atom stereocenters. The average Bonchev–Trinajstić information content (AvgIpc) is 3.51. The van der Waals surface area contributed by atoms with Crippen LogP contribution in [0, 0.1) is 0 Å². The lowest BCUT2D eigenvalue weighted by Gasteiger charge is -2.31. The molecule has 9 nitrogen and oxygen atoms in total. The summed E-state index contributed by atoms with van der Waals surface area (Å²) in [5, 5.41) is 22.3. The molecule has 3 aliphatic carbocycles. The fraction of sp³-hybridized carbons (Fsp3) is 0.500. The van der Waals surface area contributed by atoms with Crippen LogP contribution in [0.2, 0.25) is 0 Å². The van der Waals surface area contributed by atoms with Crippen LogP contribution in [0.25, 0.3) is 0 Å². The standard InChI is InChI=1S/C24H28N2O7S/c27-20(28)9-11-24(30)10-3-8-19-18(24)13-21(33-19)34(31,32)26-23(29)25-22-16-6-1-4-14(16)12-15-5-2-7-17(15)22/h12-13,30H,1-11H2,(H,27,28)(H2,25,26,29). The second-order valence-electron chi connectivity index (χ2n) is 9.47. The van der Waals surface area contributed by atoms with Gasteiger partial charge in [-0.25, -0.2) is 9.52 Å². The Morgan fingerprint density at radius 1 is 1.00 bits per heavy atom. The van der Waals surface area contributed by atoms with Crippen molar-refractivity contribution in [3.63, 3.8) is 0 Å². The lowest BCUT2D eigenvalue weighted by Crippen LogP contribution is -2.34. The van der Waals surface area contributed by atoms with Crippen LogP contribution in [0.5, 0.6) is 0 Å². The first kappa shape index (κ1) is 22.9. The summed E-state index contributed by atoms with van der Waals surface area (Å²) in [5.41, 5.74) is 4.15. The first-order valence-electron chi connectivity index (χ1n) is 11.7. The van der Waals surface area contributed by atoms with Crippen LogP contribution in [-0.2, 0) is 52.5 Å². The van der Waals surface area contributed by atoms with E-state index in [1.807, 2.05) is 4.72 Å². The molecule has 3 aliphatic rings. The van der Waals surface area contributed by atoms with Gasteiger partial charge in [0.05, 0.1) is 5.60 Å². The minimum Gasteiger partial charge on any atom is -0.481 e. The molecule has 2 aromatic rings. The molecule has 10 heteroatoms. The second-order valence-corrected chi connectivity index (χ2v) is 11.1. The largest absolute Gasteiger partial charge is 0.481 e. The first-order chi connectivity index (χ1) is 16.2. The van der Waals surface area contributed by atoms with Crippen LogP contribution >= 0.6 is 0 Å². The summed E-state index contributed by atoms with van der Waals surface area (Å²) in [7, 11) is -4.34. The van der Waals surface area contributed by atoms with Gasteiger partial charge in [0.15, 0.2) is 0 Å². The number of benzene rings is 1. The fourth-order valence-electron chi connectivity index (χ4n) is 5.64. The average molecular weight is 489 g/mol. The van der Waals surface area contributed by atoms with Gasteiger partial charge < -0.3 is 19.9 Å². The third kappa shape index (κ3) is 4.09. The number of fused-ring (bicyclic) bond motifs is 3. The minimum absolute atomic E-state index is 0.0491. The molecule has 0 saturated carbocycles. The highest BCUT2D eigenvalue weighted by Gasteiger charge is 2.39. The monoisotopic (exact) mass is 488 g/mol. The van der Waals surface area contributed by atoms with Crippen LogP contribution in [0.1, 0.15) is 72.1 Å². The molecule has 0 saturated heterocycles. The number of rotatable bonds is 6. The minimum atomic E-state index is -4.34. The number of furan rings is 1. The molecule has 1 unspecified atom stereocenters. The number of aliphatic carboxylic acids is 1. The Morgan fingerprint density at radius 2 is 1.68 bits per heavy atom.